The van der Waals surface area contributed by atoms with Gasteiger partial charge in [-0.3, -0.25) is 4.79 Å². The van der Waals surface area contributed by atoms with Crippen LogP contribution in [0.1, 0.15) is 15.9 Å². The van der Waals surface area contributed by atoms with Crippen LogP contribution < -0.4 is 4.72 Å². The fourth-order valence-electron chi connectivity index (χ4n) is 2.66. The fraction of sp³-hybridized carbons (Fsp3) is 0.0500. The van der Waals surface area contributed by atoms with Gasteiger partial charge in [-0.05, 0) is 48.0 Å². The quantitative estimate of drug-likeness (QED) is 0.597. The van der Waals surface area contributed by atoms with Crippen molar-refractivity contribution in [3.8, 4) is 0 Å². The molecule has 0 spiro atoms. The first-order valence-electron chi connectivity index (χ1n) is 8.47. The van der Waals surface area contributed by atoms with Crippen LogP contribution in [0.5, 0.6) is 0 Å². The molecule has 30 heavy (non-hydrogen) atoms. The third-order valence-corrected chi connectivity index (χ3v) is 7.36. The summed E-state index contributed by atoms with van der Waals surface area (Å²) in [6.07, 6.45) is 0. The number of hydrogen-bond donors (Lipinski definition) is 1. The molecule has 0 unspecified atom stereocenters. The summed E-state index contributed by atoms with van der Waals surface area (Å²) in [4.78, 5) is 11.8. The average molecular weight is 468 g/mol. The van der Waals surface area contributed by atoms with Crippen LogP contribution in [0.3, 0.4) is 0 Å². The van der Waals surface area contributed by atoms with Crippen molar-refractivity contribution in [2.45, 2.75) is 15.5 Å². The van der Waals surface area contributed by atoms with Gasteiger partial charge in [-0.15, -0.1) is 0 Å². The molecule has 0 radical (unpaired) electrons. The lowest BCUT2D eigenvalue weighted by atomic mass is 10.1. The largest absolute Gasteiger partial charge is 0.268 e. The van der Waals surface area contributed by atoms with Crippen LogP contribution in [0.25, 0.3) is 0 Å². The Balaban J connectivity index is 1.83. The Hall–Kier alpha value is -2.75. The SMILES string of the molecule is O=C(NS(=O)(=O)c1ccc(Cl)cc1F)c1cccc(CS(=O)(=O)c2ccccc2)c1. The van der Waals surface area contributed by atoms with Crippen LogP contribution in [0.15, 0.2) is 82.6 Å². The van der Waals surface area contributed by atoms with Gasteiger partial charge in [-0.2, -0.15) is 0 Å². The van der Waals surface area contributed by atoms with Crippen LogP contribution >= 0.6 is 11.6 Å². The number of rotatable bonds is 6. The van der Waals surface area contributed by atoms with E-state index in [1.807, 2.05) is 0 Å². The smallest absolute Gasteiger partial charge is 0.267 e. The van der Waals surface area contributed by atoms with Crippen LogP contribution in [0.2, 0.25) is 5.02 Å². The summed E-state index contributed by atoms with van der Waals surface area (Å²) >= 11 is 5.61. The van der Waals surface area contributed by atoms with E-state index in [9.17, 15) is 26.0 Å². The van der Waals surface area contributed by atoms with Crippen molar-refractivity contribution in [2.24, 2.45) is 0 Å². The molecule has 1 N–H and O–H groups in total. The number of carbonyl (C=O) groups is 1. The number of benzene rings is 3. The third-order valence-electron chi connectivity index (χ3n) is 4.06. The van der Waals surface area contributed by atoms with E-state index in [1.165, 1.54) is 42.5 Å². The zero-order valence-electron chi connectivity index (χ0n) is 15.2. The predicted octanol–water partition coefficient (Wildman–Crippen LogP) is 3.57. The number of halogens is 2. The summed E-state index contributed by atoms with van der Waals surface area (Å²) in [5, 5.41) is 0.00473. The third kappa shape index (κ3) is 5.05. The van der Waals surface area contributed by atoms with Crippen LogP contribution in [0.4, 0.5) is 4.39 Å². The summed E-state index contributed by atoms with van der Waals surface area (Å²) in [6, 6.07) is 16.3. The van der Waals surface area contributed by atoms with E-state index in [0.717, 1.165) is 12.1 Å². The van der Waals surface area contributed by atoms with Crippen molar-refractivity contribution in [1.82, 2.24) is 4.72 Å². The van der Waals surface area contributed by atoms with E-state index in [4.69, 9.17) is 11.6 Å². The van der Waals surface area contributed by atoms with Gasteiger partial charge >= 0.3 is 0 Å². The zero-order valence-corrected chi connectivity index (χ0v) is 17.6. The molecule has 156 valence electrons. The minimum absolute atomic E-state index is 0.00473. The van der Waals surface area contributed by atoms with E-state index < -0.39 is 36.5 Å². The Morgan fingerprint density at radius 3 is 2.27 bits per heavy atom. The Morgan fingerprint density at radius 2 is 1.60 bits per heavy atom. The molecule has 1 amide bonds. The summed E-state index contributed by atoms with van der Waals surface area (Å²) in [7, 11) is -8.15. The van der Waals surface area contributed by atoms with E-state index in [1.54, 1.807) is 22.9 Å². The summed E-state index contributed by atoms with van der Waals surface area (Å²) < 4.78 is 65.4. The highest BCUT2D eigenvalue weighted by Crippen LogP contribution is 2.20. The van der Waals surface area contributed by atoms with Gasteiger partial charge in [-0.25, -0.2) is 25.9 Å². The molecule has 0 bridgehead atoms. The summed E-state index contributed by atoms with van der Waals surface area (Å²) in [5.74, 6) is -2.51. The van der Waals surface area contributed by atoms with E-state index >= 15 is 0 Å². The molecule has 10 heteroatoms. The lowest BCUT2D eigenvalue weighted by molar-refractivity contribution is 0.0981. The Bertz CT molecular complexity index is 1310. The van der Waals surface area contributed by atoms with Gasteiger partial charge in [0.05, 0.1) is 10.6 Å². The molecular formula is C20H15ClFNO5S2. The number of hydrogen-bond acceptors (Lipinski definition) is 5. The molecule has 0 aliphatic rings. The van der Waals surface area contributed by atoms with Crippen molar-refractivity contribution >= 4 is 37.4 Å². The molecule has 0 saturated carbocycles. The monoisotopic (exact) mass is 467 g/mol. The first-order valence-corrected chi connectivity index (χ1v) is 12.0. The second-order valence-electron chi connectivity index (χ2n) is 6.28. The molecule has 3 aromatic carbocycles. The number of sulfonamides is 1. The van der Waals surface area contributed by atoms with Gasteiger partial charge in [0.25, 0.3) is 15.9 Å². The average Bonchev–Trinajstić information content (AvgIpc) is 2.68. The molecule has 3 aromatic rings. The highest BCUT2D eigenvalue weighted by atomic mass is 35.5. The predicted molar refractivity (Wildman–Crippen MR) is 110 cm³/mol. The van der Waals surface area contributed by atoms with Gasteiger partial charge in [0.15, 0.2) is 9.84 Å². The molecule has 0 aliphatic heterocycles. The van der Waals surface area contributed by atoms with Crippen molar-refractivity contribution < 1.29 is 26.0 Å². The molecule has 0 heterocycles. The molecule has 0 fully saturated rings. The maximum absolute atomic E-state index is 13.9. The highest BCUT2D eigenvalue weighted by Gasteiger charge is 2.23. The van der Waals surface area contributed by atoms with Crippen molar-refractivity contribution in [2.75, 3.05) is 0 Å². The lowest BCUT2D eigenvalue weighted by Crippen LogP contribution is -2.31. The zero-order chi connectivity index (χ0) is 21.9. The first-order chi connectivity index (χ1) is 14.1. The van der Waals surface area contributed by atoms with E-state index in [-0.39, 0.29) is 21.2 Å². The summed E-state index contributed by atoms with van der Waals surface area (Å²) in [5.41, 5.74) is 0.204. The summed E-state index contributed by atoms with van der Waals surface area (Å²) in [6.45, 7) is 0. The molecule has 0 atom stereocenters. The van der Waals surface area contributed by atoms with E-state index in [0.29, 0.717) is 5.56 Å². The van der Waals surface area contributed by atoms with Crippen molar-refractivity contribution in [3.05, 3.63) is 94.8 Å². The maximum atomic E-state index is 13.9. The van der Waals surface area contributed by atoms with Gasteiger partial charge in [0, 0.05) is 10.6 Å². The molecule has 0 aromatic heterocycles. The normalized spacial score (nSPS) is 11.8. The molecular weight excluding hydrogens is 453 g/mol. The van der Waals surface area contributed by atoms with Gasteiger partial charge in [-0.1, -0.05) is 41.9 Å². The molecule has 0 aliphatic carbocycles. The van der Waals surface area contributed by atoms with Crippen molar-refractivity contribution in [3.63, 3.8) is 0 Å². The number of sulfone groups is 1. The second kappa shape index (κ2) is 8.55. The van der Waals surface area contributed by atoms with Gasteiger partial charge in [0.2, 0.25) is 0 Å². The highest BCUT2D eigenvalue weighted by molar-refractivity contribution is 7.90. The Morgan fingerprint density at radius 1 is 0.900 bits per heavy atom. The molecule has 0 saturated heterocycles. The number of carbonyl (C=O) groups excluding carboxylic acids is 1. The minimum Gasteiger partial charge on any atom is -0.268 e. The topological polar surface area (TPSA) is 97.4 Å². The van der Waals surface area contributed by atoms with Gasteiger partial charge < -0.3 is 0 Å². The Labute approximate surface area is 178 Å². The maximum Gasteiger partial charge on any atom is 0.267 e. The molecule has 3 rings (SSSR count). The number of amides is 1. The van der Waals surface area contributed by atoms with Crippen LogP contribution in [-0.2, 0) is 25.6 Å². The van der Waals surface area contributed by atoms with Crippen LogP contribution in [-0.4, -0.2) is 22.7 Å². The van der Waals surface area contributed by atoms with E-state index in [2.05, 4.69) is 0 Å². The molecule has 6 nitrogen and oxygen atoms in total. The van der Waals surface area contributed by atoms with Crippen molar-refractivity contribution in [1.29, 1.82) is 0 Å². The van der Waals surface area contributed by atoms with Crippen LogP contribution in [0, 0.1) is 5.82 Å². The standard InChI is InChI=1S/C20H15ClFNO5S2/c21-16-9-10-19(18(22)12-16)30(27,28)23-20(24)15-6-4-5-14(11-15)13-29(25,26)17-7-2-1-3-8-17/h1-12H,13H2,(H,23,24). The van der Waals surface area contributed by atoms with Gasteiger partial charge in [0.1, 0.15) is 10.7 Å². The first kappa shape index (κ1) is 21.9. The fourth-order valence-corrected chi connectivity index (χ4v) is 5.21. The lowest BCUT2D eigenvalue weighted by Gasteiger charge is -2.09. The second-order valence-corrected chi connectivity index (χ2v) is 10.4. The Kier molecular flexibility index (Phi) is 6.25. The number of nitrogens with one attached hydrogen (secondary N) is 1. The minimum atomic E-state index is -4.50.